The highest BCUT2D eigenvalue weighted by atomic mass is 15.1. The van der Waals surface area contributed by atoms with E-state index in [4.69, 9.17) is 5.73 Å². The van der Waals surface area contributed by atoms with Crippen LogP contribution in [0.25, 0.3) is 16.8 Å². The largest absolute Gasteiger partial charge is 0.382 e. The van der Waals surface area contributed by atoms with E-state index in [0.717, 1.165) is 22.6 Å². The normalized spacial score (nSPS) is 11.0. The van der Waals surface area contributed by atoms with Crippen LogP contribution in [0.3, 0.4) is 0 Å². The third kappa shape index (κ3) is 1.54. The molecule has 18 heavy (non-hydrogen) atoms. The molecule has 1 aromatic carbocycles. The molecule has 2 aromatic heterocycles. The lowest BCUT2D eigenvalue weighted by Crippen LogP contribution is -2.00. The predicted molar refractivity (Wildman–Crippen MR) is 72.3 cm³/mol. The van der Waals surface area contributed by atoms with Gasteiger partial charge in [0.05, 0.1) is 18.1 Å². The number of aryl methyl sites for hydroxylation is 2. The van der Waals surface area contributed by atoms with Crippen molar-refractivity contribution in [2.24, 2.45) is 0 Å². The van der Waals surface area contributed by atoms with Crippen LogP contribution in [-0.4, -0.2) is 14.4 Å². The van der Waals surface area contributed by atoms with E-state index in [9.17, 15) is 0 Å². The molecule has 0 aliphatic carbocycles. The smallest absolute Gasteiger partial charge is 0.149 e. The molecule has 90 valence electrons. The van der Waals surface area contributed by atoms with Crippen molar-refractivity contribution in [2.75, 3.05) is 5.73 Å². The van der Waals surface area contributed by atoms with Crippen LogP contribution in [0.15, 0.2) is 36.7 Å². The van der Waals surface area contributed by atoms with E-state index in [0.29, 0.717) is 5.82 Å². The lowest BCUT2D eigenvalue weighted by molar-refractivity contribution is 1.04. The second kappa shape index (κ2) is 3.84. The van der Waals surface area contributed by atoms with Gasteiger partial charge in [-0.2, -0.15) is 0 Å². The van der Waals surface area contributed by atoms with Crippen molar-refractivity contribution < 1.29 is 0 Å². The molecular weight excluding hydrogens is 224 g/mol. The van der Waals surface area contributed by atoms with Gasteiger partial charge in [-0.25, -0.2) is 9.97 Å². The number of hydrogen-bond acceptors (Lipinski definition) is 3. The van der Waals surface area contributed by atoms with Gasteiger partial charge in [0, 0.05) is 5.56 Å². The molecule has 0 fully saturated rings. The van der Waals surface area contributed by atoms with Crippen LogP contribution in [0.4, 0.5) is 5.82 Å². The van der Waals surface area contributed by atoms with E-state index < -0.39 is 0 Å². The standard InChI is InChI=1S/C14H14N4/c1-9-3-5-11(6-4-9)12-7-17-14(15)13-8-16-10(2)18(12)13/h3-8H,1-2H3,(H2,15,17). The number of rotatable bonds is 1. The number of hydrogen-bond donors (Lipinski definition) is 1. The second-order valence-electron chi connectivity index (χ2n) is 4.42. The Morgan fingerprint density at radius 2 is 1.72 bits per heavy atom. The molecule has 2 heterocycles. The first-order chi connectivity index (χ1) is 8.66. The fourth-order valence-electron chi connectivity index (χ4n) is 2.11. The van der Waals surface area contributed by atoms with Gasteiger partial charge in [0.2, 0.25) is 0 Å². The summed E-state index contributed by atoms with van der Waals surface area (Å²) in [7, 11) is 0. The van der Waals surface area contributed by atoms with E-state index in [1.165, 1.54) is 5.56 Å². The first kappa shape index (κ1) is 10.8. The zero-order valence-corrected chi connectivity index (χ0v) is 10.4. The van der Waals surface area contributed by atoms with Gasteiger partial charge in [-0.15, -0.1) is 0 Å². The molecule has 0 saturated heterocycles. The van der Waals surface area contributed by atoms with Crippen LogP contribution in [0.5, 0.6) is 0 Å². The van der Waals surface area contributed by atoms with Gasteiger partial charge in [-0.05, 0) is 13.8 Å². The average Bonchev–Trinajstić information content (AvgIpc) is 2.75. The summed E-state index contributed by atoms with van der Waals surface area (Å²) in [6.07, 6.45) is 3.55. The number of nitrogens with zero attached hydrogens (tertiary/aromatic N) is 3. The van der Waals surface area contributed by atoms with Crippen molar-refractivity contribution in [3.8, 4) is 11.3 Å². The van der Waals surface area contributed by atoms with E-state index in [1.807, 2.05) is 11.3 Å². The minimum Gasteiger partial charge on any atom is -0.382 e. The van der Waals surface area contributed by atoms with Gasteiger partial charge in [0.25, 0.3) is 0 Å². The zero-order chi connectivity index (χ0) is 12.7. The van der Waals surface area contributed by atoms with Crippen LogP contribution in [0.1, 0.15) is 11.4 Å². The maximum atomic E-state index is 5.87. The van der Waals surface area contributed by atoms with Crippen molar-refractivity contribution in [1.82, 2.24) is 14.4 Å². The molecule has 0 aliphatic rings. The topological polar surface area (TPSA) is 56.2 Å². The van der Waals surface area contributed by atoms with E-state index in [-0.39, 0.29) is 0 Å². The average molecular weight is 238 g/mol. The molecule has 0 aliphatic heterocycles. The maximum absolute atomic E-state index is 5.87. The number of fused-ring (bicyclic) bond motifs is 1. The van der Waals surface area contributed by atoms with Crippen LogP contribution in [0.2, 0.25) is 0 Å². The van der Waals surface area contributed by atoms with Crippen molar-refractivity contribution in [2.45, 2.75) is 13.8 Å². The van der Waals surface area contributed by atoms with E-state index in [1.54, 1.807) is 12.4 Å². The first-order valence-electron chi connectivity index (χ1n) is 5.82. The number of benzene rings is 1. The van der Waals surface area contributed by atoms with Crippen molar-refractivity contribution in [1.29, 1.82) is 0 Å². The molecular formula is C14H14N4. The molecule has 0 amide bonds. The summed E-state index contributed by atoms with van der Waals surface area (Å²) in [5.74, 6) is 1.42. The minimum atomic E-state index is 0.506. The molecule has 0 bridgehead atoms. The quantitative estimate of drug-likeness (QED) is 0.709. The van der Waals surface area contributed by atoms with Gasteiger partial charge in [0.1, 0.15) is 17.2 Å². The highest BCUT2D eigenvalue weighted by molar-refractivity contribution is 5.71. The monoisotopic (exact) mass is 238 g/mol. The summed E-state index contributed by atoms with van der Waals surface area (Å²) < 4.78 is 2.03. The Morgan fingerprint density at radius 1 is 1.00 bits per heavy atom. The number of nitrogens with two attached hydrogens (primary N) is 1. The maximum Gasteiger partial charge on any atom is 0.149 e. The van der Waals surface area contributed by atoms with Crippen molar-refractivity contribution in [3.05, 3.63) is 48.0 Å². The Morgan fingerprint density at radius 3 is 2.44 bits per heavy atom. The summed E-state index contributed by atoms with van der Waals surface area (Å²) in [5.41, 5.74) is 10.1. The second-order valence-corrected chi connectivity index (χ2v) is 4.42. The number of nitrogen functional groups attached to an aromatic ring is 1. The summed E-state index contributed by atoms with van der Waals surface area (Å²) in [4.78, 5) is 8.54. The number of imidazole rings is 1. The molecule has 2 N–H and O–H groups in total. The van der Waals surface area contributed by atoms with Crippen LogP contribution >= 0.6 is 0 Å². The third-order valence-electron chi connectivity index (χ3n) is 3.11. The Labute approximate surface area is 105 Å². The third-order valence-corrected chi connectivity index (χ3v) is 3.11. The Bertz CT molecular complexity index is 710. The SMILES string of the molecule is Cc1ccc(-c2cnc(N)c3cnc(C)n23)cc1. The molecule has 0 unspecified atom stereocenters. The summed E-state index contributed by atoms with van der Waals surface area (Å²) in [6.45, 7) is 4.03. The van der Waals surface area contributed by atoms with Crippen LogP contribution in [0, 0.1) is 13.8 Å². The van der Waals surface area contributed by atoms with Gasteiger partial charge in [0.15, 0.2) is 0 Å². The van der Waals surface area contributed by atoms with Gasteiger partial charge < -0.3 is 5.73 Å². The molecule has 3 rings (SSSR count). The Balaban J connectivity index is 2.32. The molecule has 0 atom stereocenters. The highest BCUT2D eigenvalue weighted by Gasteiger charge is 2.10. The van der Waals surface area contributed by atoms with E-state index >= 15 is 0 Å². The molecule has 4 heteroatoms. The molecule has 0 saturated carbocycles. The van der Waals surface area contributed by atoms with E-state index in [2.05, 4.69) is 41.2 Å². The first-order valence-corrected chi connectivity index (χ1v) is 5.82. The molecule has 0 spiro atoms. The summed E-state index contributed by atoms with van der Waals surface area (Å²) in [5, 5.41) is 0. The molecule has 0 radical (unpaired) electrons. The van der Waals surface area contributed by atoms with Crippen molar-refractivity contribution in [3.63, 3.8) is 0 Å². The van der Waals surface area contributed by atoms with Gasteiger partial charge >= 0.3 is 0 Å². The summed E-state index contributed by atoms with van der Waals surface area (Å²) in [6, 6.07) is 8.34. The Hall–Kier alpha value is -2.36. The highest BCUT2D eigenvalue weighted by Crippen LogP contribution is 2.24. The fourth-order valence-corrected chi connectivity index (χ4v) is 2.11. The zero-order valence-electron chi connectivity index (χ0n) is 10.4. The van der Waals surface area contributed by atoms with Gasteiger partial charge in [-0.1, -0.05) is 29.8 Å². The predicted octanol–water partition coefficient (Wildman–Crippen LogP) is 2.60. The molecule has 4 nitrogen and oxygen atoms in total. The summed E-state index contributed by atoms with van der Waals surface area (Å²) >= 11 is 0. The Kier molecular flexibility index (Phi) is 2.30. The van der Waals surface area contributed by atoms with Crippen molar-refractivity contribution >= 4 is 11.3 Å². The molecule has 3 aromatic rings. The minimum absolute atomic E-state index is 0.506. The number of aromatic nitrogens is 3. The van der Waals surface area contributed by atoms with Gasteiger partial charge in [-0.3, -0.25) is 4.40 Å². The fraction of sp³-hybridized carbons (Fsp3) is 0.143. The van der Waals surface area contributed by atoms with Crippen LogP contribution < -0.4 is 5.73 Å². The van der Waals surface area contributed by atoms with Crippen LogP contribution in [-0.2, 0) is 0 Å². The number of anilines is 1. The lowest BCUT2D eigenvalue weighted by atomic mass is 10.1. The lowest BCUT2D eigenvalue weighted by Gasteiger charge is -2.08.